The van der Waals surface area contributed by atoms with Gasteiger partial charge in [-0.2, -0.15) is 0 Å². The Labute approximate surface area is 142 Å². The van der Waals surface area contributed by atoms with Crippen LogP contribution in [0.3, 0.4) is 0 Å². The maximum atomic E-state index is 12.3. The summed E-state index contributed by atoms with van der Waals surface area (Å²) in [6.45, 7) is 0.249. The molecule has 2 heterocycles. The minimum absolute atomic E-state index is 0.113. The number of nitrogens with zero attached hydrogens (tertiary/aromatic N) is 1. The highest BCUT2D eigenvalue weighted by Gasteiger charge is 2.23. The smallest absolute Gasteiger partial charge is 0.270 e. The zero-order valence-electron chi connectivity index (χ0n) is 11.9. The topological polar surface area (TPSA) is 62.2 Å². The summed E-state index contributed by atoms with van der Waals surface area (Å²) >= 11 is 8.85. The summed E-state index contributed by atoms with van der Waals surface area (Å²) in [4.78, 5) is 17.7. The van der Waals surface area contributed by atoms with Crippen LogP contribution in [0.25, 0.3) is 9.88 Å². The summed E-state index contributed by atoms with van der Waals surface area (Å²) in [7, 11) is 0. The summed E-state index contributed by atoms with van der Waals surface area (Å²) in [5, 5.41) is 14.8. The van der Waals surface area contributed by atoms with Crippen LogP contribution in [0.15, 0.2) is 17.5 Å². The lowest BCUT2D eigenvalue weighted by Crippen LogP contribution is -2.38. The van der Waals surface area contributed by atoms with Crippen molar-refractivity contribution in [1.29, 1.82) is 0 Å². The van der Waals surface area contributed by atoms with Gasteiger partial charge in [0.05, 0.1) is 9.21 Å². The SMILES string of the molecule is O=C(NC1CCC(CO)CC1)c1csc(-c2ccc(Cl)s2)n1. The number of carbonyl (C=O) groups excluding carboxylic acids is 1. The van der Waals surface area contributed by atoms with Crippen LogP contribution in [-0.4, -0.2) is 28.6 Å². The standard InChI is InChI=1S/C15H17ClN2O2S2/c16-13-6-5-12(22-13)15-18-11(8-21-15)14(20)17-10-3-1-9(7-19)2-4-10/h5-6,8-10,19H,1-4,7H2,(H,17,20). The Morgan fingerprint density at radius 2 is 2.14 bits per heavy atom. The molecule has 2 aromatic heterocycles. The van der Waals surface area contributed by atoms with Crippen molar-refractivity contribution in [3.8, 4) is 9.88 Å². The van der Waals surface area contributed by atoms with Crippen molar-refractivity contribution in [2.45, 2.75) is 31.7 Å². The lowest BCUT2D eigenvalue weighted by molar-refractivity contribution is 0.0909. The van der Waals surface area contributed by atoms with E-state index < -0.39 is 0 Å². The van der Waals surface area contributed by atoms with E-state index in [0.29, 0.717) is 11.6 Å². The molecule has 0 radical (unpaired) electrons. The molecule has 1 fully saturated rings. The Morgan fingerprint density at radius 1 is 1.36 bits per heavy atom. The average molecular weight is 357 g/mol. The first-order valence-corrected chi connectivity index (χ1v) is 9.36. The molecule has 0 aliphatic heterocycles. The molecule has 1 aliphatic rings. The van der Waals surface area contributed by atoms with Gasteiger partial charge in [-0.1, -0.05) is 11.6 Å². The highest BCUT2D eigenvalue weighted by atomic mass is 35.5. The highest BCUT2D eigenvalue weighted by molar-refractivity contribution is 7.23. The summed E-state index contributed by atoms with van der Waals surface area (Å²) in [5.41, 5.74) is 0.466. The monoisotopic (exact) mass is 356 g/mol. The molecule has 22 heavy (non-hydrogen) atoms. The van der Waals surface area contributed by atoms with E-state index in [2.05, 4.69) is 10.3 Å². The second-order valence-electron chi connectivity index (χ2n) is 5.52. The Kier molecular flexibility index (Phi) is 5.13. The second kappa shape index (κ2) is 7.08. The molecule has 4 nitrogen and oxygen atoms in total. The van der Waals surface area contributed by atoms with E-state index in [-0.39, 0.29) is 18.6 Å². The fourth-order valence-electron chi connectivity index (χ4n) is 2.67. The maximum absolute atomic E-state index is 12.3. The predicted molar refractivity (Wildman–Crippen MR) is 90.7 cm³/mol. The van der Waals surface area contributed by atoms with Crippen molar-refractivity contribution in [1.82, 2.24) is 10.3 Å². The molecule has 0 unspecified atom stereocenters. The van der Waals surface area contributed by atoms with E-state index in [0.717, 1.165) is 39.9 Å². The van der Waals surface area contributed by atoms with Crippen molar-refractivity contribution in [2.75, 3.05) is 6.61 Å². The van der Waals surface area contributed by atoms with Crippen molar-refractivity contribution >= 4 is 40.2 Å². The van der Waals surface area contributed by atoms with Crippen molar-refractivity contribution in [3.05, 3.63) is 27.5 Å². The number of hydrogen-bond acceptors (Lipinski definition) is 5. The minimum atomic E-state index is -0.113. The Hall–Kier alpha value is -0.950. The fraction of sp³-hybridized carbons (Fsp3) is 0.467. The first-order valence-electron chi connectivity index (χ1n) is 7.28. The number of hydrogen-bond donors (Lipinski definition) is 2. The molecular formula is C15H17ClN2O2S2. The summed E-state index contributed by atoms with van der Waals surface area (Å²) in [6, 6.07) is 3.95. The summed E-state index contributed by atoms with van der Waals surface area (Å²) in [5.74, 6) is 0.278. The van der Waals surface area contributed by atoms with E-state index in [1.54, 1.807) is 5.38 Å². The van der Waals surface area contributed by atoms with E-state index >= 15 is 0 Å². The van der Waals surface area contributed by atoms with E-state index in [1.807, 2.05) is 12.1 Å². The molecular weight excluding hydrogens is 340 g/mol. The second-order valence-corrected chi connectivity index (χ2v) is 8.09. The van der Waals surface area contributed by atoms with Crippen LogP contribution in [0.5, 0.6) is 0 Å². The zero-order valence-corrected chi connectivity index (χ0v) is 14.3. The number of thiophene rings is 1. The number of aromatic nitrogens is 1. The van der Waals surface area contributed by atoms with Gasteiger partial charge >= 0.3 is 0 Å². The third-order valence-corrected chi connectivity index (χ3v) is 6.20. The van der Waals surface area contributed by atoms with E-state index in [1.165, 1.54) is 22.7 Å². The molecule has 0 bridgehead atoms. The Morgan fingerprint density at radius 3 is 2.77 bits per heavy atom. The fourth-order valence-corrected chi connectivity index (χ4v) is 4.58. The molecule has 2 aromatic rings. The molecule has 118 valence electrons. The number of nitrogens with one attached hydrogen (secondary N) is 1. The van der Waals surface area contributed by atoms with Crippen LogP contribution in [0.4, 0.5) is 0 Å². The van der Waals surface area contributed by atoms with Crippen molar-refractivity contribution < 1.29 is 9.90 Å². The number of aliphatic hydroxyl groups excluding tert-OH is 1. The van der Waals surface area contributed by atoms with Crippen LogP contribution in [0.1, 0.15) is 36.2 Å². The number of thiazole rings is 1. The molecule has 0 spiro atoms. The molecule has 7 heteroatoms. The minimum Gasteiger partial charge on any atom is -0.396 e. The van der Waals surface area contributed by atoms with Gasteiger partial charge in [0.25, 0.3) is 5.91 Å². The van der Waals surface area contributed by atoms with Crippen molar-refractivity contribution in [3.63, 3.8) is 0 Å². The van der Waals surface area contributed by atoms with Crippen LogP contribution in [0.2, 0.25) is 4.34 Å². The van der Waals surface area contributed by atoms with Gasteiger partial charge in [-0.05, 0) is 43.7 Å². The third-order valence-electron chi connectivity index (χ3n) is 3.96. The van der Waals surface area contributed by atoms with E-state index in [4.69, 9.17) is 16.7 Å². The van der Waals surface area contributed by atoms with Crippen LogP contribution >= 0.6 is 34.3 Å². The Bertz CT molecular complexity index is 648. The lowest BCUT2D eigenvalue weighted by Gasteiger charge is -2.27. The molecule has 1 amide bonds. The number of aliphatic hydroxyl groups is 1. The lowest BCUT2D eigenvalue weighted by atomic mass is 9.86. The molecule has 1 saturated carbocycles. The largest absolute Gasteiger partial charge is 0.396 e. The van der Waals surface area contributed by atoms with Gasteiger partial charge in [0.15, 0.2) is 0 Å². The molecule has 0 atom stereocenters. The molecule has 2 N–H and O–H groups in total. The number of halogens is 1. The first-order chi connectivity index (χ1) is 10.7. The summed E-state index contributed by atoms with van der Waals surface area (Å²) < 4.78 is 0.719. The predicted octanol–water partition coefficient (Wildman–Crippen LogP) is 3.81. The maximum Gasteiger partial charge on any atom is 0.270 e. The molecule has 3 rings (SSSR count). The summed E-state index contributed by atoms with van der Waals surface area (Å²) in [6.07, 6.45) is 3.79. The first kappa shape index (κ1) is 15.9. The Balaban J connectivity index is 1.60. The normalized spacial score (nSPS) is 21.7. The molecule has 0 aromatic carbocycles. The van der Waals surface area contributed by atoms with Crippen LogP contribution < -0.4 is 5.32 Å². The number of carbonyl (C=O) groups is 1. The third kappa shape index (κ3) is 3.68. The van der Waals surface area contributed by atoms with Gasteiger partial charge in [-0.3, -0.25) is 4.79 Å². The van der Waals surface area contributed by atoms with E-state index in [9.17, 15) is 4.79 Å². The number of rotatable bonds is 4. The van der Waals surface area contributed by atoms with Gasteiger partial charge in [-0.15, -0.1) is 22.7 Å². The van der Waals surface area contributed by atoms with Crippen LogP contribution in [0, 0.1) is 5.92 Å². The zero-order chi connectivity index (χ0) is 15.5. The van der Waals surface area contributed by atoms with Gasteiger partial charge < -0.3 is 10.4 Å². The van der Waals surface area contributed by atoms with Gasteiger partial charge in [-0.25, -0.2) is 4.98 Å². The van der Waals surface area contributed by atoms with Crippen molar-refractivity contribution in [2.24, 2.45) is 5.92 Å². The molecule has 1 aliphatic carbocycles. The van der Waals surface area contributed by atoms with Crippen LogP contribution in [-0.2, 0) is 0 Å². The van der Waals surface area contributed by atoms with Gasteiger partial charge in [0.1, 0.15) is 10.7 Å². The highest BCUT2D eigenvalue weighted by Crippen LogP contribution is 2.33. The quantitative estimate of drug-likeness (QED) is 0.875. The van der Waals surface area contributed by atoms with Gasteiger partial charge in [0, 0.05) is 18.0 Å². The molecule has 0 saturated heterocycles. The number of amides is 1. The average Bonchev–Trinajstić information content (AvgIpc) is 3.16. The van der Waals surface area contributed by atoms with Gasteiger partial charge in [0.2, 0.25) is 0 Å².